The summed E-state index contributed by atoms with van der Waals surface area (Å²) in [5, 5.41) is 3.16. The van der Waals surface area contributed by atoms with Gasteiger partial charge in [-0.2, -0.15) is 0 Å². The number of carbonyl (C=O) groups is 4. The highest BCUT2D eigenvalue weighted by Gasteiger charge is 2.35. The predicted octanol–water partition coefficient (Wildman–Crippen LogP) is -0.237. The van der Waals surface area contributed by atoms with Crippen molar-refractivity contribution >= 4 is 40.7 Å². The van der Waals surface area contributed by atoms with Gasteiger partial charge in [-0.3, -0.25) is 14.5 Å². The van der Waals surface area contributed by atoms with Crippen LogP contribution in [0, 0.1) is 0 Å². The number of hydrogen-bond acceptors (Lipinski definition) is 11. The van der Waals surface area contributed by atoms with Crippen molar-refractivity contribution in [2.24, 2.45) is 4.99 Å². The monoisotopic (exact) mass is 426 g/mol. The number of ether oxygens (including phenoxy) is 3. The number of amidine groups is 1. The number of nitrogens with zero attached hydrogens (tertiary/aromatic N) is 3. The van der Waals surface area contributed by atoms with Crippen molar-refractivity contribution in [3.63, 3.8) is 0 Å². The third-order valence-corrected chi connectivity index (χ3v) is 4.79. The van der Waals surface area contributed by atoms with E-state index in [1.54, 1.807) is 13.8 Å². The molecule has 29 heavy (non-hydrogen) atoms. The average molecular weight is 426 g/mol. The summed E-state index contributed by atoms with van der Waals surface area (Å²) in [4.78, 5) is 55.2. The van der Waals surface area contributed by atoms with Gasteiger partial charge in [0.2, 0.25) is 0 Å². The summed E-state index contributed by atoms with van der Waals surface area (Å²) in [5.41, 5.74) is 0.0549. The molecule has 158 valence electrons. The van der Waals surface area contributed by atoms with Gasteiger partial charge in [0.15, 0.2) is 16.7 Å². The largest absolute Gasteiger partial charge is 0.466 e. The lowest BCUT2D eigenvalue weighted by atomic mass is 10.4. The van der Waals surface area contributed by atoms with Crippen molar-refractivity contribution in [3.05, 3.63) is 22.5 Å². The molecule has 2 aliphatic rings. The van der Waals surface area contributed by atoms with Crippen molar-refractivity contribution in [3.8, 4) is 0 Å². The molecule has 0 aromatic heterocycles. The maximum absolute atomic E-state index is 12.4. The van der Waals surface area contributed by atoms with E-state index in [0.29, 0.717) is 0 Å². The summed E-state index contributed by atoms with van der Waals surface area (Å²) >= 11 is 0.958. The molecule has 0 aromatic rings. The molecule has 0 aromatic carbocycles. The first kappa shape index (κ1) is 22.3. The number of esters is 3. The minimum absolute atomic E-state index is 0.0549. The first-order valence-corrected chi connectivity index (χ1v) is 9.54. The highest BCUT2D eigenvalue weighted by atomic mass is 32.2. The van der Waals surface area contributed by atoms with Gasteiger partial charge in [-0.05, 0) is 25.6 Å². The van der Waals surface area contributed by atoms with Crippen molar-refractivity contribution in [2.45, 2.75) is 13.8 Å². The molecule has 11 nitrogen and oxygen atoms in total. The second kappa shape index (κ2) is 9.96. The quantitative estimate of drug-likeness (QED) is 0.331. The standard InChI is InChI=1S/C17H22N4O7S/c1-5-27-12(23)8-21-9-18-14(13(21)16(25)28-6-2)19-17-20(3)15(24)10(29-17)7-11(22)26-4/h7,18H,5-6,8-9H2,1-4H3. The van der Waals surface area contributed by atoms with E-state index in [4.69, 9.17) is 9.47 Å². The van der Waals surface area contributed by atoms with E-state index in [2.05, 4.69) is 15.0 Å². The van der Waals surface area contributed by atoms with Gasteiger partial charge < -0.3 is 24.4 Å². The normalized spacial score (nSPS) is 19.1. The van der Waals surface area contributed by atoms with Crippen molar-refractivity contribution in [1.29, 1.82) is 0 Å². The van der Waals surface area contributed by atoms with Gasteiger partial charge in [-0.25, -0.2) is 14.6 Å². The van der Waals surface area contributed by atoms with Gasteiger partial charge in [0.1, 0.15) is 6.54 Å². The second-order valence-electron chi connectivity index (χ2n) is 5.65. The van der Waals surface area contributed by atoms with Crippen molar-refractivity contribution < 1.29 is 33.4 Å². The van der Waals surface area contributed by atoms with Crippen LogP contribution in [0.4, 0.5) is 0 Å². The molecule has 0 radical (unpaired) electrons. The van der Waals surface area contributed by atoms with Crippen LogP contribution < -0.4 is 5.32 Å². The van der Waals surface area contributed by atoms with E-state index in [9.17, 15) is 19.2 Å². The van der Waals surface area contributed by atoms with Gasteiger partial charge >= 0.3 is 17.9 Å². The lowest BCUT2D eigenvalue weighted by molar-refractivity contribution is -0.145. The van der Waals surface area contributed by atoms with Crippen molar-refractivity contribution in [2.75, 3.05) is 40.6 Å². The molecule has 1 saturated heterocycles. The number of thioether (sulfide) groups is 1. The van der Waals surface area contributed by atoms with E-state index in [0.717, 1.165) is 17.8 Å². The maximum Gasteiger partial charge on any atom is 0.358 e. The van der Waals surface area contributed by atoms with E-state index >= 15 is 0 Å². The molecule has 0 atom stereocenters. The lowest BCUT2D eigenvalue weighted by Gasteiger charge is -2.18. The Bertz CT molecular complexity index is 806. The first-order valence-electron chi connectivity index (χ1n) is 8.72. The Hall–Kier alpha value is -3.02. The van der Waals surface area contributed by atoms with E-state index < -0.39 is 23.8 Å². The number of likely N-dealkylation sites (N-methyl/N-ethyl adjacent to an activating group) is 1. The number of carbonyl (C=O) groups excluding carboxylic acids is 4. The number of rotatable bonds is 7. The third kappa shape index (κ3) is 5.28. The Morgan fingerprint density at radius 3 is 2.55 bits per heavy atom. The van der Waals surface area contributed by atoms with Crippen LogP contribution >= 0.6 is 11.8 Å². The Morgan fingerprint density at radius 2 is 1.93 bits per heavy atom. The van der Waals surface area contributed by atoms with Gasteiger partial charge in [0.05, 0.1) is 31.9 Å². The maximum atomic E-state index is 12.4. The first-order chi connectivity index (χ1) is 13.8. The molecular formula is C17H22N4O7S. The molecule has 2 heterocycles. The highest BCUT2D eigenvalue weighted by molar-refractivity contribution is 8.18. The zero-order chi connectivity index (χ0) is 21.6. The molecule has 2 rings (SSSR count). The molecule has 12 heteroatoms. The van der Waals surface area contributed by atoms with Gasteiger partial charge in [-0.1, -0.05) is 0 Å². The number of aliphatic imine (C=N–C) groups is 1. The summed E-state index contributed by atoms with van der Waals surface area (Å²) in [6, 6.07) is 0. The molecule has 1 N–H and O–H groups in total. The summed E-state index contributed by atoms with van der Waals surface area (Å²) in [7, 11) is 2.70. The lowest BCUT2D eigenvalue weighted by Crippen LogP contribution is -2.33. The van der Waals surface area contributed by atoms with Crippen LogP contribution in [0.15, 0.2) is 27.5 Å². The SMILES string of the molecule is CCOC(=O)CN1CNC(N=C2SC(=CC(=O)OC)C(=O)N2C)=C1C(=O)OCC. The molecule has 0 bridgehead atoms. The molecular weight excluding hydrogens is 404 g/mol. The number of amides is 1. The van der Waals surface area contributed by atoms with Crippen LogP contribution in [0.1, 0.15) is 13.8 Å². The summed E-state index contributed by atoms with van der Waals surface area (Å²) in [6.45, 7) is 3.66. The molecule has 0 unspecified atom stereocenters. The number of nitrogens with one attached hydrogen (secondary N) is 1. The fraction of sp³-hybridized carbons (Fsp3) is 0.471. The van der Waals surface area contributed by atoms with Crippen LogP contribution in [0.2, 0.25) is 0 Å². The minimum Gasteiger partial charge on any atom is -0.466 e. The van der Waals surface area contributed by atoms with Crippen LogP contribution in [0.5, 0.6) is 0 Å². The average Bonchev–Trinajstić information content (AvgIpc) is 3.18. The third-order valence-electron chi connectivity index (χ3n) is 3.73. The second-order valence-corrected chi connectivity index (χ2v) is 6.66. The van der Waals surface area contributed by atoms with Crippen LogP contribution in [-0.4, -0.2) is 79.4 Å². The summed E-state index contributed by atoms with van der Waals surface area (Å²) in [5.74, 6) is -2.12. The van der Waals surface area contributed by atoms with E-state index in [1.807, 2.05) is 0 Å². The van der Waals surface area contributed by atoms with E-state index in [1.165, 1.54) is 24.0 Å². The Morgan fingerprint density at radius 1 is 1.24 bits per heavy atom. The molecule has 2 aliphatic heterocycles. The molecule has 1 amide bonds. The van der Waals surface area contributed by atoms with Crippen molar-refractivity contribution in [1.82, 2.24) is 15.1 Å². The topological polar surface area (TPSA) is 127 Å². The highest BCUT2D eigenvalue weighted by Crippen LogP contribution is 2.31. The predicted molar refractivity (Wildman–Crippen MR) is 103 cm³/mol. The minimum atomic E-state index is -0.665. The van der Waals surface area contributed by atoms with Gasteiger partial charge in [-0.15, -0.1) is 0 Å². The smallest absolute Gasteiger partial charge is 0.358 e. The summed E-state index contributed by atoms with van der Waals surface area (Å²) in [6.07, 6.45) is 1.07. The van der Waals surface area contributed by atoms with Gasteiger partial charge in [0, 0.05) is 13.1 Å². The zero-order valence-electron chi connectivity index (χ0n) is 16.5. The number of hydrogen-bond donors (Lipinski definition) is 1. The molecule has 1 fully saturated rings. The number of methoxy groups -OCH3 is 1. The Balaban J connectivity index is 2.35. The fourth-order valence-corrected chi connectivity index (χ4v) is 3.34. The zero-order valence-corrected chi connectivity index (χ0v) is 17.3. The molecule has 0 saturated carbocycles. The fourth-order valence-electron chi connectivity index (χ4n) is 2.41. The van der Waals surface area contributed by atoms with Crippen LogP contribution in [0.3, 0.4) is 0 Å². The van der Waals surface area contributed by atoms with Crippen LogP contribution in [0.25, 0.3) is 0 Å². The molecule has 0 aliphatic carbocycles. The van der Waals surface area contributed by atoms with E-state index in [-0.39, 0.29) is 48.0 Å². The van der Waals surface area contributed by atoms with Gasteiger partial charge in [0.25, 0.3) is 5.91 Å². The Kier molecular flexibility index (Phi) is 7.65. The Labute approximate surface area is 171 Å². The summed E-state index contributed by atoms with van der Waals surface area (Å²) < 4.78 is 14.5. The van der Waals surface area contributed by atoms with Crippen LogP contribution in [-0.2, 0) is 33.4 Å². The molecule has 0 spiro atoms.